The highest BCUT2D eigenvalue weighted by Crippen LogP contribution is 2.37. The molecule has 0 atom stereocenters. The van der Waals surface area contributed by atoms with Crippen LogP contribution in [-0.2, 0) is 19.0 Å². The van der Waals surface area contributed by atoms with E-state index < -0.39 is 11.7 Å². The number of alkyl halides is 3. The second kappa shape index (κ2) is 6.23. The first kappa shape index (κ1) is 17.8. The van der Waals surface area contributed by atoms with Gasteiger partial charge in [0, 0.05) is 11.8 Å². The molecule has 0 spiro atoms. The Morgan fingerprint density at radius 2 is 1.93 bits per heavy atom. The second-order valence-corrected chi connectivity index (χ2v) is 6.52. The van der Waals surface area contributed by atoms with Gasteiger partial charge in [0.15, 0.2) is 17.3 Å². The lowest BCUT2D eigenvalue weighted by atomic mass is 10.1. The molecule has 0 bridgehead atoms. The molecule has 0 aliphatic carbocycles. The topological polar surface area (TPSA) is 48.0 Å². The molecular weight excluding hydrogens is 379 g/mol. The molecule has 0 aliphatic rings. The minimum absolute atomic E-state index is 0.218. The summed E-state index contributed by atoms with van der Waals surface area (Å²) >= 11 is 6.27. The number of aromatic nitrogens is 5. The summed E-state index contributed by atoms with van der Waals surface area (Å²) in [4.78, 5) is 4.41. The normalized spacial score (nSPS) is 12.4. The van der Waals surface area contributed by atoms with Crippen molar-refractivity contribution in [1.82, 2.24) is 24.4 Å². The SMILES string of the molecule is CCc1nc2c(CC)cc(C(F)(F)F)c(-n3ncc4cccc(Cl)c43)n2n1. The predicted molar refractivity (Wildman–Crippen MR) is 96.4 cm³/mol. The molecule has 140 valence electrons. The molecule has 0 saturated heterocycles. The molecule has 3 aromatic heterocycles. The zero-order chi connectivity index (χ0) is 19.3. The monoisotopic (exact) mass is 393 g/mol. The van der Waals surface area contributed by atoms with E-state index in [-0.39, 0.29) is 5.82 Å². The first-order valence-corrected chi connectivity index (χ1v) is 8.84. The Balaban J connectivity index is 2.19. The largest absolute Gasteiger partial charge is 0.420 e. The van der Waals surface area contributed by atoms with Crippen LogP contribution in [0, 0.1) is 0 Å². The van der Waals surface area contributed by atoms with Gasteiger partial charge < -0.3 is 0 Å². The van der Waals surface area contributed by atoms with Crippen molar-refractivity contribution in [2.24, 2.45) is 0 Å². The van der Waals surface area contributed by atoms with Gasteiger partial charge in [-0.1, -0.05) is 37.6 Å². The Morgan fingerprint density at radius 1 is 1.15 bits per heavy atom. The van der Waals surface area contributed by atoms with Crippen LogP contribution in [0.25, 0.3) is 22.4 Å². The second-order valence-electron chi connectivity index (χ2n) is 6.11. The third kappa shape index (κ3) is 2.75. The number of fused-ring (bicyclic) bond motifs is 2. The number of aryl methyl sites for hydroxylation is 2. The van der Waals surface area contributed by atoms with Crippen LogP contribution in [0.1, 0.15) is 30.8 Å². The first-order chi connectivity index (χ1) is 12.8. The number of hydrogen-bond acceptors (Lipinski definition) is 3. The summed E-state index contributed by atoms with van der Waals surface area (Å²) in [5, 5.41) is 9.44. The van der Waals surface area contributed by atoms with E-state index in [4.69, 9.17) is 11.6 Å². The van der Waals surface area contributed by atoms with Gasteiger partial charge in [-0.25, -0.2) is 9.67 Å². The summed E-state index contributed by atoms with van der Waals surface area (Å²) in [7, 11) is 0. The maximum Gasteiger partial charge on any atom is 0.420 e. The van der Waals surface area contributed by atoms with Gasteiger partial charge in [-0.3, -0.25) is 0 Å². The highest BCUT2D eigenvalue weighted by Gasteiger charge is 2.37. The molecule has 0 unspecified atom stereocenters. The number of nitrogens with zero attached hydrogens (tertiary/aromatic N) is 5. The first-order valence-electron chi connectivity index (χ1n) is 8.46. The average Bonchev–Trinajstić information content (AvgIpc) is 3.24. The maximum absolute atomic E-state index is 13.9. The van der Waals surface area contributed by atoms with Crippen LogP contribution in [0.2, 0.25) is 5.02 Å². The van der Waals surface area contributed by atoms with Crippen LogP contribution in [0.3, 0.4) is 0 Å². The highest BCUT2D eigenvalue weighted by atomic mass is 35.5. The van der Waals surface area contributed by atoms with Gasteiger partial charge in [-0.15, -0.1) is 5.10 Å². The van der Waals surface area contributed by atoms with Crippen molar-refractivity contribution in [3.63, 3.8) is 0 Å². The van der Waals surface area contributed by atoms with Crippen LogP contribution in [-0.4, -0.2) is 24.4 Å². The van der Waals surface area contributed by atoms with Gasteiger partial charge in [0.05, 0.1) is 16.7 Å². The lowest BCUT2D eigenvalue weighted by molar-refractivity contribution is -0.137. The molecule has 0 saturated carbocycles. The highest BCUT2D eigenvalue weighted by molar-refractivity contribution is 6.35. The van der Waals surface area contributed by atoms with Crippen molar-refractivity contribution in [3.8, 4) is 5.82 Å². The fraction of sp³-hybridized carbons (Fsp3) is 0.278. The number of benzene rings is 1. The van der Waals surface area contributed by atoms with E-state index in [9.17, 15) is 13.2 Å². The summed E-state index contributed by atoms with van der Waals surface area (Å²) in [5.74, 6) is 0.248. The van der Waals surface area contributed by atoms with Crippen molar-refractivity contribution >= 4 is 28.2 Å². The van der Waals surface area contributed by atoms with Gasteiger partial charge in [-0.05, 0) is 24.1 Å². The van der Waals surface area contributed by atoms with E-state index in [0.717, 1.165) is 6.07 Å². The molecule has 0 fully saturated rings. The number of rotatable bonds is 3. The molecule has 5 nitrogen and oxygen atoms in total. The molecule has 0 amide bonds. The van der Waals surface area contributed by atoms with Gasteiger partial charge in [0.25, 0.3) is 0 Å². The van der Waals surface area contributed by atoms with E-state index >= 15 is 0 Å². The van der Waals surface area contributed by atoms with Crippen LogP contribution in [0.5, 0.6) is 0 Å². The molecule has 0 N–H and O–H groups in total. The predicted octanol–water partition coefficient (Wildman–Crippen LogP) is 4.87. The Morgan fingerprint density at radius 3 is 2.59 bits per heavy atom. The van der Waals surface area contributed by atoms with Crippen molar-refractivity contribution in [2.75, 3.05) is 0 Å². The Labute approximate surface area is 157 Å². The third-order valence-electron chi connectivity index (χ3n) is 4.44. The Bertz CT molecular complexity index is 1160. The quantitative estimate of drug-likeness (QED) is 0.499. The van der Waals surface area contributed by atoms with Crippen LogP contribution in [0.4, 0.5) is 13.2 Å². The fourth-order valence-corrected chi connectivity index (χ4v) is 3.41. The lowest BCUT2D eigenvalue weighted by Gasteiger charge is -2.16. The smallest absolute Gasteiger partial charge is 0.212 e. The molecule has 0 aliphatic heterocycles. The van der Waals surface area contributed by atoms with Crippen LogP contribution in [0.15, 0.2) is 30.5 Å². The molecule has 9 heteroatoms. The zero-order valence-corrected chi connectivity index (χ0v) is 15.3. The number of pyridine rings is 1. The molecule has 27 heavy (non-hydrogen) atoms. The summed E-state index contributed by atoms with van der Waals surface area (Å²) in [5.41, 5.74) is 0.432. The molecule has 0 radical (unpaired) electrons. The van der Waals surface area contributed by atoms with E-state index in [0.29, 0.717) is 45.8 Å². The van der Waals surface area contributed by atoms with Crippen LogP contribution < -0.4 is 0 Å². The third-order valence-corrected chi connectivity index (χ3v) is 4.75. The van der Waals surface area contributed by atoms with Gasteiger partial charge in [0.2, 0.25) is 0 Å². The van der Waals surface area contributed by atoms with Crippen molar-refractivity contribution < 1.29 is 13.2 Å². The molecule has 4 aromatic rings. The zero-order valence-electron chi connectivity index (χ0n) is 14.5. The summed E-state index contributed by atoms with van der Waals surface area (Å²) in [6.45, 7) is 3.64. The van der Waals surface area contributed by atoms with Crippen LogP contribution >= 0.6 is 11.6 Å². The van der Waals surface area contributed by atoms with Crippen molar-refractivity contribution in [2.45, 2.75) is 32.9 Å². The average molecular weight is 394 g/mol. The number of halogens is 4. The molecule has 1 aromatic carbocycles. The molecule has 3 heterocycles. The fourth-order valence-electron chi connectivity index (χ4n) is 3.15. The minimum Gasteiger partial charge on any atom is -0.212 e. The van der Waals surface area contributed by atoms with E-state index in [1.54, 1.807) is 25.1 Å². The number of hydrogen-bond donors (Lipinski definition) is 0. The van der Waals surface area contributed by atoms with E-state index in [1.807, 2.05) is 6.92 Å². The Hall–Kier alpha value is -2.61. The lowest BCUT2D eigenvalue weighted by Crippen LogP contribution is -2.17. The van der Waals surface area contributed by atoms with E-state index in [1.165, 1.54) is 15.4 Å². The van der Waals surface area contributed by atoms with E-state index in [2.05, 4.69) is 15.2 Å². The molecule has 4 rings (SSSR count). The van der Waals surface area contributed by atoms with Gasteiger partial charge >= 0.3 is 6.18 Å². The standard InChI is InChI=1S/C18H15ClF3N5/c1-3-10-8-12(18(20,21)22)17(27-16(10)24-14(4-2)25-27)26-15-11(9-23-26)6-5-7-13(15)19/h5-9H,3-4H2,1-2H3. The molecular formula is C18H15ClF3N5. The Kier molecular flexibility index (Phi) is 4.10. The number of para-hydroxylation sites is 1. The van der Waals surface area contributed by atoms with Crippen molar-refractivity contribution in [3.05, 3.63) is 52.4 Å². The van der Waals surface area contributed by atoms with Gasteiger partial charge in [0.1, 0.15) is 5.56 Å². The maximum atomic E-state index is 13.9. The van der Waals surface area contributed by atoms with Gasteiger partial charge in [-0.2, -0.15) is 22.8 Å². The summed E-state index contributed by atoms with van der Waals surface area (Å²) in [6, 6.07) is 6.21. The van der Waals surface area contributed by atoms with Crippen molar-refractivity contribution in [1.29, 1.82) is 0 Å². The summed E-state index contributed by atoms with van der Waals surface area (Å²) in [6.07, 6.45) is -2.20. The summed E-state index contributed by atoms with van der Waals surface area (Å²) < 4.78 is 44.2. The minimum atomic E-state index is -4.59.